The lowest BCUT2D eigenvalue weighted by Gasteiger charge is -2.43. The van der Waals surface area contributed by atoms with Gasteiger partial charge in [0, 0.05) is 44.6 Å². The average molecular weight is 633 g/mol. The maximum absolute atomic E-state index is 12.3. The highest BCUT2D eigenvalue weighted by Crippen LogP contribution is 2.42. The molecule has 0 aromatic heterocycles. The highest BCUT2D eigenvalue weighted by atomic mass is 16.7. The molecule has 2 N–H and O–H groups in total. The van der Waals surface area contributed by atoms with Crippen LogP contribution in [0.1, 0.15) is 66.5 Å². The van der Waals surface area contributed by atoms with Crippen molar-refractivity contribution < 1.29 is 38.4 Å². The van der Waals surface area contributed by atoms with E-state index in [0.717, 1.165) is 59.8 Å². The van der Waals surface area contributed by atoms with E-state index in [4.69, 9.17) is 23.7 Å². The van der Waals surface area contributed by atoms with E-state index in [1.165, 1.54) is 18.1 Å². The van der Waals surface area contributed by atoms with Gasteiger partial charge >= 0.3 is 5.97 Å². The fourth-order valence-electron chi connectivity index (χ4n) is 6.11. The zero-order valence-corrected chi connectivity index (χ0v) is 27.2. The van der Waals surface area contributed by atoms with Crippen LogP contribution in [-0.2, 0) is 49.9 Å². The van der Waals surface area contributed by atoms with Gasteiger partial charge in [-0.15, -0.1) is 0 Å². The van der Waals surface area contributed by atoms with Crippen molar-refractivity contribution in [1.29, 1.82) is 0 Å². The number of nitrogens with zero attached hydrogens (tertiary/aromatic N) is 1. The summed E-state index contributed by atoms with van der Waals surface area (Å²) >= 11 is 0. The van der Waals surface area contributed by atoms with Crippen molar-refractivity contribution in [3.8, 4) is 11.5 Å². The molecule has 1 saturated heterocycles. The molecule has 246 valence electrons. The number of benzene rings is 3. The molecule has 5 atom stereocenters. The minimum Gasteiger partial charge on any atom is -0.493 e. The molecule has 0 bridgehead atoms. The van der Waals surface area contributed by atoms with Crippen LogP contribution in [0.25, 0.3) is 0 Å². The molecule has 0 radical (unpaired) electrons. The van der Waals surface area contributed by atoms with Crippen LogP contribution in [0.5, 0.6) is 11.5 Å². The van der Waals surface area contributed by atoms with Crippen molar-refractivity contribution in [1.82, 2.24) is 10.2 Å². The summed E-state index contributed by atoms with van der Waals surface area (Å²) in [5.41, 5.74) is 6.14. The number of rotatable bonds is 11. The minimum absolute atomic E-state index is 0.0156. The SMILES string of the molecule is COc1cc2c(cc1OC)CN(C[C@@H]1O[C@H](c3ccc(CNC(=O)[C@H](C)OC(C)=O)cc3)O[C@H](c3ccc(CO)cc3)[C@@H]1C)CC2. The van der Waals surface area contributed by atoms with Crippen molar-refractivity contribution in [3.63, 3.8) is 0 Å². The Morgan fingerprint density at radius 3 is 2.22 bits per heavy atom. The molecular formula is C36H44N2O8. The first kappa shape index (κ1) is 33.4. The summed E-state index contributed by atoms with van der Waals surface area (Å²) in [6.07, 6.45) is -0.899. The smallest absolute Gasteiger partial charge is 0.303 e. The fourth-order valence-corrected chi connectivity index (χ4v) is 6.11. The maximum Gasteiger partial charge on any atom is 0.303 e. The molecule has 2 heterocycles. The van der Waals surface area contributed by atoms with Gasteiger partial charge in [0.25, 0.3) is 5.91 Å². The molecule has 0 spiro atoms. The van der Waals surface area contributed by atoms with Gasteiger partial charge < -0.3 is 34.1 Å². The molecule has 0 saturated carbocycles. The zero-order chi connectivity index (χ0) is 32.8. The van der Waals surface area contributed by atoms with E-state index in [2.05, 4.69) is 29.3 Å². The second kappa shape index (κ2) is 15.1. The Morgan fingerprint density at radius 1 is 0.957 bits per heavy atom. The maximum atomic E-state index is 12.3. The van der Waals surface area contributed by atoms with E-state index in [1.807, 2.05) is 48.5 Å². The van der Waals surface area contributed by atoms with Gasteiger partial charge in [-0.2, -0.15) is 0 Å². The summed E-state index contributed by atoms with van der Waals surface area (Å²) in [6.45, 7) is 7.66. The van der Waals surface area contributed by atoms with Gasteiger partial charge in [-0.05, 0) is 53.3 Å². The summed E-state index contributed by atoms with van der Waals surface area (Å²) in [6, 6.07) is 19.8. The number of fused-ring (bicyclic) bond motifs is 1. The molecule has 0 aliphatic carbocycles. The molecule has 0 unspecified atom stereocenters. The number of aliphatic hydroxyl groups excluding tert-OH is 1. The molecule has 2 aliphatic rings. The molecule has 46 heavy (non-hydrogen) atoms. The summed E-state index contributed by atoms with van der Waals surface area (Å²) in [4.78, 5) is 25.9. The standard InChI is InChI=1S/C36H44N2O8/c1-22-33(20-38-15-14-29-16-31(42-4)32(43-5)17-30(29)19-38)45-36(46-34(22)27-10-8-26(21-39)9-11-27)28-12-6-25(7-13-28)18-37-35(41)23(2)44-24(3)40/h6-13,16-17,22-23,33-34,36,39H,14-15,18-21H2,1-5H3,(H,37,41)/t22-,23+,33+,34+,36+/m1/s1. The van der Waals surface area contributed by atoms with Crippen LogP contribution < -0.4 is 14.8 Å². The Kier molecular flexibility index (Phi) is 11.0. The molecule has 10 heteroatoms. The molecule has 10 nitrogen and oxygen atoms in total. The van der Waals surface area contributed by atoms with Crippen LogP contribution in [0.4, 0.5) is 0 Å². The number of carbonyl (C=O) groups is 2. The predicted octanol–water partition coefficient (Wildman–Crippen LogP) is 4.61. The predicted molar refractivity (Wildman–Crippen MR) is 171 cm³/mol. The van der Waals surface area contributed by atoms with Crippen LogP contribution in [0.2, 0.25) is 0 Å². The third-order valence-electron chi connectivity index (χ3n) is 8.79. The first-order valence-corrected chi connectivity index (χ1v) is 15.7. The second-order valence-corrected chi connectivity index (χ2v) is 12.0. The number of hydrogen-bond acceptors (Lipinski definition) is 9. The normalized spacial score (nSPS) is 22.0. The molecule has 3 aromatic rings. The Morgan fingerprint density at radius 2 is 1.59 bits per heavy atom. The van der Waals surface area contributed by atoms with Gasteiger partial charge in [-0.3, -0.25) is 14.5 Å². The van der Waals surface area contributed by atoms with Gasteiger partial charge in [0.1, 0.15) is 0 Å². The lowest BCUT2D eigenvalue weighted by molar-refractivity contribution is -0.276. The molecule has 2 aliphatic heterocycles. The Labute approximate surface area is 270 Å². The van der Waals surface area contributed by atoms with Crippen molar-refractivity contribution in [2.24, 2.45) is 5.92 Å². The summed E-state index contributed by atoms with van der Waals surface area (Å²) in [7, 11) is 3.32. The van der Waals surface area contributed by atoms with E-state index in [0.29, 0.717) is 6.54 Å². The van der Waals surface area contributed by atoms with Crippen molar-refractivity contribution >= 4 is 11.9 Å². The zero-order valence-electron chi connectivity index (χ0n) is 27.2. The number of hydrogen-bond donors (Lipinski definition) is 2. The van der Waals surface area contributed by atoms with E-state index in [9.17, 15) is 14.7 Å². The monoisotopic (exact) mass is 632 g/mol. The van der Waals surface area contributed by atoms with Gasteiger partial charge in [0.15, 0.2) is 23.9 Å². The van der Waals surface area contributed by atoms with E-state index < -0.39 is 18.4 Å². The highest BCUT2D eigenvalue weighted by Gasteiger charge is 2.39. The largest absolute Gasteiger partial charge is 0.493 e. The van der Waals surface area contributed by atoms with Crippen molar-refractivity contribution in [2.75, 3.05) is 27.3 Å². The highest BCUT2D eigenvalue weighted by molar-refractivity contribution is 5.82. The third kappa shape index (κ3) is 7.87. The summed E-state index contributed by atoms with van der Waals surface area (Å²) < 4.78 is 29.4. The Bertz CT molecular complexity index is 1490. The van der Waals surface area contributed by atoms with Crippen molar-refractivity contribution in [2.45, 2.75) is 71.5 Å². The van der Waals surface area contributed by atoms with E-state index in [1.54, 1.807) is 21.1 Å². The molecule has 3 aromatic carbocycles. The van der Waals surface area contributed by atoms with Gasteiger partial charge in [0.05, 0.1) is 33.0 Å². The average Bonchev–Trinajstić information content (AvgIpc) is 3.07. The van der Waals surface area contributed by atoms with Crippen LogP contribution in [0.3, 0.4) is 0 Å². The van der Waals surface area contributed by atoms with Gasteiger partial charge in [0.2, 0.25) is 0 Å². The fraction of sp³-hybridized carbons (Fsp3) is 0.444. The molecule has 5 rings (SSSR count). The Balaban J connectivity index is 1.32. The first-order valence-electron chi connectivity index (χ1n) is 15.7. The third-order valence-corrected chi connectivity index (χ3v) is 8.79. The number of aliphatic hydroxyl groups is 1. The van der Waals surface area contributed by atoms with Gasteiger partial charge in [-0.1, -0.05) is 55.5 Å². The number of ether oxygens (including phenoxy) is 5. The van der Waals surface area contributed by atoms with E-state index >= 15 is 0 Å². The number of carbonyl (C=O) groups excluding carboxylic acids is 2. The minimum atomic E-state index is -0.860. The lowest BCUT2D eigenvalue weighted by Crippen LogP contribution is -2.45. The summed E-state index contributed by atoms with van der Waals surface area (Å²) in [5.74, 6) is 0.673. The van der Waals surface area contributed by atoms with Crippen LogP contribution in [0.15, 0.2) is 60.7 Å². The number of methoxy groups -OCH3 is 2. The number of esters is 1. The molecule has 1 fully saturated rings. The first-order chi connectivity index (χ1) is 22.2. The lowest BCUT2D eigenvalue weighted by atomic mass is 9.89. The Hall–Kier alpha value is -3.96. The van der Waals surface area contributed by atoms with Crippen LogP contribution >= 0.6 is 0 Å². The second-order valence-electron chi connectivity index (χ2n) is 12.0. The summed E-state index contributed by atoms with van der Waals surface area (Å²) in [5, 5.41) is 12.4. The number of nitrogens with one attached hydrogen (secondary N) is 1. The molecular weight excluding hydrogens is 588 g/mol. The van der Waals surface area contributed by atoms with Gasteiger partial charge in [-0.25, -0.2) is 0 Å². The topological polar surface area (TPSA) is 116 Å². The van der Waals surface area contributed by atoms with Crippen LogP contribution in [0, 0.1) is 5.92 Å². The van der Waals surface area contributed by atoms with E-state index in [-0.39, 0.29) is 30.6 Å². The molecule has 1 amide bonds. The van der Waals surface area contributed by atoms with Crippen molar-refractivity contribution in [3.05, 3.63) is 94.0 Å². The van der Waals surface area contributed by atoms with Crippen LogP contribution in [-0.4, -0.2) is 61.4 Å². The number of amides is 1. The quantitative estimate of drug-likeness (QED) is 0.293.